The minimum atomic E-state index is -0.683. The molecule has 0 spiro atoms. The molecule has 0 saturated carbocycles. The maximum Gasteiger partial charge on any atom is 0.245 e. The summed E-state index contributed by atoms with van der Waals surface area (Å²) in [7, 11) is 0. The molecule has 1 saturated heterocycles. The van der Waals surface area contributed by atoms with Gasteiger partial charge in [-0.25, -0.2) is 4.98 Å². The number of likely N-dealkylation sites (tertiary alicyclic amines) is 1. The molecule has 4 aromatic rings. The predicted octanol–water partition coefficient (Wildman–Crippen LogP) is 3.93. The maximum absolute atomic E-state index is 14.1. The Balaban J connectivity index is 1.19. The van der Waals surface area contributed by atoms with Crippen molar-refractivity contribution in [3.63, 3.8) is 0 Å². The molecule has 216 valence electrons. The van der Waals surface area contributed by atoms with Crippen LogP contribution in [-0.4, -0.2) is 56.7 Å². The summed E-state index contributed by atoms with van der Waals surface area (Å²) in [4.78, 5) is 33.7. The van der Waals surface area contributed by atoms with Crippen LogP contribution in [0.1, 0.15) is 35.1 Å². The highest BCUT2D eigenvalue weighted by Crippen LogP contribution is 2.37. The van der Waals surface area contributed by atoms with Crippen molar-refractivity contribution in [3.05, 3.63) is 119 Å². The number of carbonyl (C=O) groups excluding carboxylic acids is 2. The van der Waals surface area contributed by atoms with Gasteiger partial charge in [-0.05, 0) is 53.6 Å². The van der Waals surface area contributed by atoms with Crippen LogP contribution in [-0.2, 0) is 40.9 Å². The van der Waals surface area contributed by atoms with Gasteiger partial charge in [-0.15, -0.1) is 0 Å². The van der Waals surface area contributed by atoms with Crippen molar-refractivity contribution in [2.24, 2.45) is 0 Å². The molecule has 1 aromatic heterocycles. The molecule has 3 heterocycles. The lowest BCUT2D eigenvalue weighted by molar-refractivity contribution is -0.138. The van der Waals surface area contributed by atoms with E-state index >= 15 is 0 Å². The number of hydrogen-bond donors (Lipinski definition) is 2. The number of aromatic nitrogens is 3. The molecule has 3 aromatic carbocycles. The van der Waals surface area contributed by atoms with Crippen LogP contribution in [0.5, 0.6) is 0 Å². The molecule has 9 heteroatoms. The SMILES string of the molecule is O=C(N[C@H](Cc1ccc(Cl)cc1)C(=O)N1CCC(Cn2cncn2)(c2ccccc2)CC1)[C@H]1Cc2ccccc2CN1. The van der Waals surface area contributed by atoms with Gasteiger partial charge in [0.1, 0.15) is 18.7 Å². The zero-order valence-electron chi connectivity index (χ0n) is 23.5. The van der Waals surface area contributed by atoms with Crippen LogP contribution in [0.4, 0.5) is 0 Å². The molecule has 2 amide bonds. The van der Waals surface area contributed by atoms with E-state index in [0.717, 1.165) is 24.0 Å². The van der Waals surface area contributed by atoms with E-state index in [-0.39, 0.29) is 17.2 Å². The third-order valence-corrected chi connectivity index (χ3v) is 8.97. The smallest absolute Gasteiger partial charge is 0.245 e. The number of benzene rings is 3. The third kappa shape index (κ3) is 6.25. The molecular weight excluding hydrogens is 548 g/mol. The molecule has 0 aliphatic carbocycles. The first kappa shape index (κ1) is 28.1. The minimum absolute atomic E-state index is 0.0584. The van der Waals surface area contributed by atoms with E-state index in [1.165, 1.54) is 11.1 Å². The Bertz CT molecular complexity index is 1500. The molecule has 0 bridgehead atoms. The topological polar surface area (TPSA) is 92.2 Å². The quantitative estimate of drug-likeness (QED) is 0.328. The summed E-state index contributed by atoms with van der Waals surface area (Å²) in [6, 6.07) is 25.0. The van der Waals surface area contributed by atoms with Crippen molar-refractivity contribution in [3.8, 4) is 0 Å². The maximum atomic E-state index is 14.1. The first-order valence-electron chi connectivity index (χ1n) is 14.5. The fourth-order valence-corrected chi connectivity index (χ4v) is 6.42. The normalized spacial score (nSPS) is 18.6. The zero-order valence-corrected chi connectivity index (χ0v) is 24.2. The van der Waals surface area contributed by atoms with E-state index in [1.807, 2.05) is 52.0 Å². The molecule has 0 radical (unpaired) electrons. The second kappa shape index (κ2) is 12.5. The number of hydrogen-bond acceptors (Lipinski definition) is 5. The summed E-state index contributed by atoms with van der Waals surface area (Å²) in [5.41, 5.74) is 4.39. The van der Waals surface area contributed by atoms with E-state index < -0.39 is 12.1 Å². The van der Waals surface area contributed by atoms with Gasteiger partial charge in [0.15, 0.2) is 0 Å². The number of amides is 2. The lowest BCUT2D eigenvalue weighted by atomic mass is 9.72. The average molecular weight is 583 g/mol. The van der Waals surface area contributed by atoms with E-state index in [0.29, 0.717) is 44.0 Å². The largest absolute Gasteiger partial charge is 0.343 e. The standard InChI is InChI=1S/C33H35ClN6O2/c34-28-12-10-24(11-13-28)18-30(38-31(41)29-19-25-6-4-5-7-26(25)20-36-29)32(42)39-16-14-33(15-17-39,21-40-23-35-22-37-40)27-8-2-1-3-9-27/h1-13,22-23,29-30,36H,14-21H2,(H,38,41)/t29-,30-/m1/s1. The predicted molar refractivity (Wildman–Crippen MR) is 162 cm³/mol. The minimum Gasteiger partial charge on any atom is -0.343 e. The molecule has 1 fully saturated rings. The number of rotatable bonds is 8. The van der Waals surface area contributed by atoms with E-state index in [4.69, 9.17) is 11.6 Å². The number of carbonyl (C=O) groups is 2. The fourth-order valence-electron chi connectivity index (χ4n) is 6.30. The molecule has 2 atom stereocenters. The summed E-state index contributed by atoms with van der Waals surface area (Å²) >= 11 is 6.12. The van der Waals surface area contributed by atoms with Crippen molar-refractivity contribution in [1.82, 2.24) is 30.3 Å². The number of piperidine rings is 1. The van der Waals surface area contributed by atoms with Crippen LogP contribution in [0.25, 0.3) is 0 Å². The Morgan fingerprint density at radius 2 is 1.69 bits per heavy atom. The number of nitrogens with zero attached hydrogens (tertiary/aromatic N) is 4. The van der Waals surface area contributed by atoms with E-state index in [2.05, 4.69) is 57.1 Å². The Kier molecular flexibility index (Phi) is 8.35. The second-order valence-corrected chi connectivity index (χ2v) is 11.8. The highest BCUT2D eigenvalue weighted by atomic mass is 35.5. The van der Waals surface area contributed by atoms with Gasteiger partial charge < -0.3 is 15.5 Å². The van der Waals surface area contributed by atoms with Crippen molar-refractivity contribution in [1.29, 1.82) is 0 Å². The van der Waals surface area contributed by atoms with Gasteiger partial charge >= 0.3 is 0 Å². The monoisotopic (exact) mass is 582 g/mol. The Labute approximate surface area is 251 Å². The lowest BCUT2D eigenvalue weighted by Crippen LogP contribution is -2.57. The van der Waals surface area contributed by atoms with Gasteiger partial charge in [0.2, 0.25) is 11.8 Å². The Morgan fingerprint density at radius 3 is 2.40 bits per heavy atom. The summed E-state index contributed by atoms with van der Waals surface area (Å²) < 4.78 is 1.88. The van der Waals surface area contributed by atoms with Gasteiger partial charge in [-0.3, -0.25) is 14.3 Å². The first-order valence-corrected chi connectivity index (χ1v) is 14.9. The van der Waals surface area contributed by atoms with Crippen molar-refractivity contribution < 1.29 is 9.59 Å². The van der Waals surface area contributed by atoms with Crippen LogP contribution in [0.2, 0.25) is 5.02 Å². The highest BCUT2D eigenvalue weighted by molar-refractivity contribution is 6.30. The highest BCUT2D eigenvalue weighted by Gasteiger charge is 2.40. The van der Waals surface area contributed by atoms with Gasteiger partial charge in [0.25, 0.3) is 0 Å². The summed E-state index contributed by atoms with van der Waals surface area (Å²) in [6.45, 7) is 2.50. The van der Waals surface area contributed by atoms with Gasteiger partial charge in [0.05, 0.1) is 12.6 Å². The van der Waals surface area contributed by atoms with Gasteiger partial charge in [-0.2, -0.15) is 5.10 Å². The molecular formula is C33H35ClN6O2. The molecule has 0 unspecified atom stereocenters. The van der Waals surface area contributed by atoms with Crippen LogP contribution in [0, 0.1) is 0 Å². The first-order chi connectivity index (χ1) is 20.5. The van der Waals surface area contributed by atoms with Crippen molar-refractivity contribution in [2.45, 2.75) is 56.3 Å². The van der Waals surface area contributed by atoms with Crippen LogP contribution in [0.3, 0.4) is 0 Å². The third-order valence-electron chi connectivity index (χ3n) is 8.72. The Morgan fingerprint density at radius 1 is 0.976 bits per heavy atom. The average Bonchev–Trinajstić information content (AvgIpc) is 3.55. The molecule has 2 aliphatic heterocycles. The number of nitrogens with one attached hydrogen (secondary N) is 2. The Hall–Kier alpha value is -4.01. The lowest BCUT2D eigenvalue weighted by Gasteiger charge is -2.43. The molecule has 2 N–H and O–H groups in total. The summed E-state index contributed by atoms with van der Waals surface area (Å²) in [5.74, 6) is -0.212. The van der Waals surface area contributed by atoms with Crippen LogP contribution in [0.15, 0.2) is 91.5 Å². The number of fused-ring (bicyclic) bond motifs is 1. The number of halogens is 1. The van der Waals surface area contributed by atoms with Gasteiger partial charge in [0, 0.05) is 36.5 Å². The van der Waals surface area contributed by atoms with Gasteiger partial charge in [-0.1, -0.05) is 78.3 Å². The fraction of sp³-hybridized carbons (Fsp3) is 0.333. The molecule has 8 nitrogen and oxygen atoms in total. The van der Waals surface area contributed by atoms with E-state index in [1.54, 1.807) is 12.7 Å². The second-order valence-electron chi connectivity index (χ2n) is 11.4. The summed E-state index contributed by atoms with van der Waals surface area (Å²) in [5, 5.41) is 11.5. The van der Waals surface area contributed by atoms with Crippen molar-refractivity contribution in [2.75, 3.05) is 13.1 Å². The van der Waals surface area contributed by atoms with E-state index in [9.17, 15) is 9.59 Å². The van der Waals surface area contributed by atoms with Crippen LogP contribution < -0.4 is 10.6 Å². The summed E-state index contributed by atoms with van der Waals surface area (Å²) in [6.07, 6.45) is 5.86. The van der Waals surface area contributed by atoms with Crippen LogP contribution >= 0.6 is 11.6 Å². The molecule has 2 aliphatic rings. The van der Waals surface area contributed by atoms with Crippen molar-refractivity contribution >= 4 is 23.4 Å². The molecule has 42 heavy (non-hydrogen) atoms. The molecule has 6 rings (SSSR count). The zero-order chi connectivity index (χ0) is 28.9.